The lowest BCUT2D eigenvalue weighted by Gasteiger charge is -2.01. The van der Waals surface area contributed by atoms with E-state index in [0.717, 1.165) is 10.7 Å². The maximum Gasteiger partial charge on any atom is 0.317 e. The van der Waals surface area contributed by atoms with Crippen LogP contribution in [0.5, 0.6) is 0 Å². The molecule has 2 rings (SSSR count). The van der Waals surface area contributed by atoms with E-state index < -0.39 is 22.4 Å². The molecule has 1 aromatic heterocycles. The summed E-state index contributed by atoms with van der Waals surface area (Å²) in [6, 6.07) is 3.78. The Labute approximate surface area is 124 Å². The number of aromatic nitrogens is 2. The number of nitrogens with zero attached hydrogens (tertiary/aromatic N) is 2. The summed E-state index contributed by atoms with van der Waals surface area (Å²) in [6.45, 7) is 0. The molecule has 0 N–H and O–H groups in total. The maximum absolute atomic E-state index is 13.8. The summed E-state index contributed by atoms with van der Waals surface area (Å²) in [7, 11) is -1.33. The van der Waals surface area contributed by atoms with E-state index in [1.807, 2.05) is 0 Å². The average Bonchev–Trinajstić information content (AvgIpc) is 2.64. The Balaban J connectivity index is 2.60. The van der Waals surface area contributed by atoms with Gasteiger partial charge < -0.3 is 0 Å². The molecule has 20 heavy (non-hydrogen) atoms. The molecule has 3 nitrogen and oxygen atoms in total. The Bertz CT molecular complexity index is 691. The Hall–Kier alpha value is -1.05. The second kappa shape index (κ2) is 5.75. The van der Waals surface area contributed by atoms with Crippen LogP contribution in [0.15, 0.2) is 23.2 Å². The van der Waals surface area contributed by atoms with Gasteiger partial charge in [-0.15, -0.1) is 0 Å². The van der Waals surface area contributed by atoms with E-state index in [1.54, 1.807) is 0 Å². The molecule has 108 valence electrons. The van der Waals surface area contributed by atoms with Gasteiger partial charge in [-0.25, -0.2) is 8.60 Å². The minimum atomic E-state index is -3.11. The number of hydrogen-bond donors (Lipinski definition) is 0. The van der Waals surface area contributed by atoms with Gasteiger partial charge in [0.2, 0.25) is 0 Å². The van der Waals surface area contributed by atoms with Gasteiger partial charge in [0.15, 0.2) is 0 Å². The van der Waals surface area contributed by atoms with Gasteiger partial charge >= 0.3 is 5.76 Å². The molecule has 0 saturated heterocycles. The third-order valence-corrected chi connectivity index (χ3v) is 4.36. The molecule has 0 fully saturated rings. The van der Waals surface area contributed by atoms with E-state index in [1.165, 1.54) is 19.2 Å². The van der Waals surface area contributed by atoms with Crippen molar-refractivity contribution in [1.82, 2.24) is 9.78 Å². The number of benzene rings is 1. The molecule has 0 aliphatic heterocycles. The highest BCUT2D eigenvalue weighted by atomic mass is 35.5. The predicted molar refractivity (Wildman–Crippen MR) is 71.0 cm³/mol. The fraction of sp³-hybridized carbons (Fsp3) is 0.182. The quantitative estimate of drug-likeness (QED) is 0.848. The molecule has 1 atom stereocenters. The van der Waals surface area contributed by atoms with Crippen molar-refractivity contribution in [1.29, 1.82) is 0 Å². The number of halogens is 5. The summed E-state index contributed by atoms with van der Waals surface area (Å²) in [5, 5.41) is 3.40. The summed E-state index contributed by atoms with van der Waals surface area (Å²) >= 11 is 11.5. The van der Waals surface area contributed by atoms with Crippen molar-refractivity contribution in [2.45, 2.75) is 10.8 Å². The van der Waals surface area contributed by atoms with Crippen molar-refractivity contribution in [3.05, 3.63) is 34.1 Å². The highest BCUT2D eigenvalue weighted by molar-refractivity contribution is 7.85. The van der Waals surface area contributed by atoms with E-state index in [4.69, 9.17) is 23.2 Å². The predicted octanol–water partition coefficient (Wildman–Crippen LogP) is 3.86. The van der Waals surface area contributed by atoms with Crippen LogP contribution < -0.4 is 0 Å². The van der Waals surface area contributed by atoms with Gasteiger partial charge in [0.25, 0.3) is 0 Å². The number of aryl methyl sites for hydroxylation is 1. The zero-order valence-electron chi connectivity index (χ0n) is 9.91. The molecule has 0 aliphatic rings. The molecule has 0 radical (unpaired) electrons. The SMILES string of the molecule is Cn1nc(-c2ccc(Cl)cc2F)c(Cl)c1S(=O)C(F)F. The highest BCUT2D eigenvalue weighted by Gasteiger charge is 2.27. The Kier molecular flexibility index (Phi) is 4.41. The first-order valence-electron chi connectivity index (χ1n) is 5.19. The van der Waals surface area contributed by atoms with Crippen LogP contribution in [0.2, 0.25) is 10.0 Å². The van der Waals surface area contributed by atoms with Crippen LogP contribution in [0.1, 0.15) is 0 Å². The molecule has 2 aromatic rings. The van der Waals surface area contributed by atoms with Crippen LogP contribution in [0.25, 0.3) is 11.3 Å². The summed E-state index contributed by atoms with van der Waals surface area (Å²) in [4.78, 5) is 0. The van der Waals surface area contributed by atoms with Crippen molar-refractivity contribution in [2.75, 3.05) is 0 Å². The summed E-state index contributed by atoms with van der Waals surface area (Å²) in [6.07, 6.45) is 0. The first-order chi connectivity index (χ1) is 9.32. The summed E-state index contributed by atoms with van der Waals surface area (Å²) < 4.78 is 51.3. The topological polar surface area (TPSA) is 34.9 Å². The molecule has 1 heterocycles. The molecule has 0 saturated carbocycles. The first-order valence-corrected chi connectivity index (χ1v) is 7.16. The van der Waals surface area contributed by atoms with Gasteiger partial charge in [0, 0.05) is 17.6 Å². The zero-order chi connectivity index (χ0) is 15.0. The van der Waals surface area contributed by atoms with Crippen molar-refractivity contribution in [2.24, 2.45) is 7.05 Å². The molecule has 9 heteroatoms. The van der Waals surface area contributed by atoms with Gasteiger partial charge in [-0.05, 0) is 18.2 Å². The van der Waals surface area contributed by atoms with Gasteiger partial charge in [-0.3, -0.25) is 4.68 Å². The molecule has 0 amide bonds. The van der Waals surface area contributed by atoms with Crippen LogP contribution in [0.3, 0.4) is 0 Å². The average molecular weight is 343 g/mol. The van der Waals surface area contributed by atoms with Crippen LogP contribution in [-0.2, 0) is 17.8 Å². The summed E-state index contributed by atoms with van der Waals surface area (Å²) in [5.74, 6) is -3.81. The fourth-order valence-electron chi connectivity index (χ4n) is 1.64. The normalized spacial score (nSPS) is 12.9. The second-order valence-corrected chi connectivity index (χ2v) is 5.93. The number of rotatable bonds is 3. The Morgan fingerprint density at radius 2 is 2.00 bits per heavy atom. The molecule has 0 bridgehead atoms. The monoisotopic (exact) mass is 342 g/mol. The lowest BCUT2D eigenvalue weighted by Crippen LogP contribution is -2.08. The molecule has 1 unspecified atom stereocenters. The number of alkyl halides is 2. The van der Waals surface area contributed by atoms with Crippen molar-refractivity contribution < 1.29 is 17.4 Å². The molecular weight excluding hydrogens is 336 g/mol. The first kappa shape index (κ1) is 15.3. The van der Waals surface area contributed by atoms with E-state index >= 15 is 0 Å². The van der Waals surface area contributed by atoms with Gasteiger partial charge in [0.1, 0.15) is 32.4 Å². The third-order valence-electron chi connectivity index (χ3n) is 2.48. The van der Waals surface area contributed by atoms with Crippen LogP contribution in [0, 0.1) is 5.82 Å². The zero-order valence-corrected chi connectivity index (χ0v) is 12.2. The van der Waals surface area contributed by atoms with Crippen LogP contribution in [0.4, 0.5) is 13.2 Å². The van der Waals surface area contributed by atoms with Crippen molar-refractivity contribution in [3.63, 3.8) is 0 Å². The van der Waals surface area contributed by atoms with Crippen LogP contribution >= 0.6 is 23.2 Å². The van der Waals surface area contributed by atoms with E-state index in [9.17, 15) is 17.4 Å². The van der Waals surface area contributed by atoms with Gasteiger partial charge in [0.05, 0.1) is 0 Å². The molecule has 0 aliphatic carbocycles. The lowest BCUT2D eigenvalue weighted by molar-refractivity contribution is 0.243. The van der Waals surface area contributed by atoms with Crippen molar-refractivity contribution >= 4 is 34.0 Å². The van der Waals surface area contributed by atoms with E-state index in [0.29, 0.717) is 0 Å². The highest BCUT2D eigenvalue weighted by Crippen LogP contribution is 2.34. The largest absolute Gasteiger partial charge is 0.317 e. The lowest BCUT2D eigenvalue weighted by atomic mass is 10.1. The molecule has 1 aromatic carbocycles. The second-order valence-electron chi connectivity index (χ2n) is 3.77. The van der Waals surface area contributed by atoms with Gasteiger partial charge in [-0.1, -0.05) is 23.2 Å². The van der Waals surface area contributed by atoms with E-state index in [2.05, 4.69) is 5.10 Å². The molecular formula is C11H7Cl2F3N2OS. The van der Waals surface area contributed by atoms with Crippen molar-refractivity contribution in [3.8, 4) is 11.3 Å². The van der Waals surface area contributed by atoms with E-state index in [-0.39, 0.29) is 26.3 Å². The third kappa shape index (κ3) is 2.70. The number of hydrogen-bond acceptors (Lipinski definition) is 2. The minimum Gasteiger partial charge on any atom is -0.257 e. The molecule has 0 spiro atoms. The Morgan fingerprint density at radius 3 is 2.55 bits per heavy atom. The van der Waals surface area contributed by atoms with Crippen LogP contribution in [-0.4, -0.2) is 19.7 Å². The minimum absolute atomic E-state index is 0.00693. The summed E-state index contributed by atoms with van der Waals surface area (Å²) in [5.41, 5.74) is -0.0696. The smallest absolute Gasteiger partial charge is 0.257 e. The maximum atomic E-state index is 13.8. The standard InChI is InChI=1S/C11H7Cl2F3N2OS/c1-18-10(20(19)11(15)16)8(13)9(17-18)6-3-2-5(12)4-7(6)14/h2-4,11H,1H3. The Morgan fingerprint density at radius 1 is 1.35 bits per heavy atom. The van der Waals surface area contributed by atoms with Gasteiger partial charge in [-0.2, -0.15) is 13.9 Å². The fourth-order valence-corrected chi connectivity index (χ4v) is 3.03.